The van der Waals surface area contributed by atoms with Crippen LogP contribution in [0.4, 0.5) is 0 Å². The van der Waals surface area contributed by atoms with Gasteiger partial charge in [0, 0.05) is 19.3 Å². The average Bonchev–Trinajstić information content (AvgIpc) is 2.29. The molecule has 1 aliphatic heterocycles. The topological polar surface area (TPSA) is 63.2 Å². The highest BCUT2D eigenvalue weighted by molar-refractivity contribution is 7.91. The number of hydrogen-bond donors (Lipinski definition) is 0. The van der Waals surface area contributed by atoms with E-state index >= 15 is 0 Å². The first kappa shape index (κ1) is 12.4. The fourth-order valence-corrected chi connectivity index (χ4v) is 3.15. The summed E-state index contributed by atoms with van der Waals surface area (Å²) in [5.74, 6) is 0.493. The van der Waals surface area contributed by atoms with Crippen LogP contribution in [0.2, 0.25) is 0 Å². The van der Waals surface area contributed by atoms with Crippen LogP contribution in [0.15, 0.2) is 12.4 Å². The van der Waals surface area contributed by atoms with Crippen molar-refractivity contribution in [3.63, 3.8) is 0 Å². The van der Waals surface area contributed by atoms with Crippen molar-refractivity contribution in [2.24, 2.45) is 0 Å². The number of aryl methyl sites for hydroxylation is 1. The van der Waals surface area contributed by atoms with E-state index < -0.39 is 9.84 Å². The normalized spacial score (nSPS) is 22.2. The molecular weight excluding hydrogens is 238 g/mol. The van der Waals surface area contributed by atoms with Crippen molar-refractivity contribution in [1.29, 1.82) is 0 Å². The summed E-state index contributed by atoms with van der Waals surface area (Å²) >= 11 is 0. The third kappa shape index (κ3) is 3.01. The first-order chi connectivity index (χ1) is 7.98. The Morgan fingerprint density at radius 2 is 1.88 bits per heavy atom. The highest BCUT2D eigenvalue weighted by Crippen LogP contribution is 2.19. The van der Waals surface area contributed by atoms with Crippen LogP contribution in [0.5, 0.6) is 0 Å². The zero-order chi connectivity index (χ0) is 12.5. The molecule has 2 heterocycles. The Morgan fingerprint density at radius 3 is 2.41 bits per heavy atom. The molecule has 94 valence electrons. The molecule has 1 aromatic heterocycles. The van der Waals surface area contributed by atoms with Crippen LogP contribution in [0, 0.1) is 6.92 Å². The molecule has 0 aromatic carbocycles. The Hall–Kier alpha value is -1.01. The molecule has 17 heavy (non-hydrogen) atoms. The van der Waals surface area contributed by atoms with Gasteiger partial charge < -0.3 is 0 Å². The molecular formula is C11H17N3O2S. The minimum absolute atomic E-state index is 0.124. The van der Waals surface area contributed by atoms with E-state index in [4.69, 9.17) is 0 Å². The van der Waals surface area contributed by atoms with E-state index in [9.17, 15) is 8.42 Å². The van der Waals surface area contributed by atoms with Crippen molar-refractivity contribution in [3.8, 4) is 0 Å². The van der Waals surface area contributed by atoms with Gasteiger partial charge in [0.25, 0.3) is 0 Å². The average molecular weight is 255 g/mol. The van der Waals surface area contributed by atoms with Gasteiger partial charge in [-0.1, -0.05) is 0 Å². The van der Waals surface area contributed by atoms with Crippen LogP contribution in [0.25, 0.3) is 0 Å². The number of hydrogen-bond acceptors (Lipinski definition) is 5. The van der Waals surface area contributed by atoms with E-state index in [0.29, 0.717) is 13.1 Å². The third-order valence-corrected chi connectivity index (χ3v) is 4.76. The summed E-state index contributed by atoms with van der Waals surface area (Å²) in [6, 6.07) is 0.124. The zero-order valence-electron chi connectivity index (χ0n) is 10.1. The van der Waals surface area contributed by atoms with Crippen molar-refractivity contribution in [2.45, 2.75) is 19.9 Å². The van der Waals surface area contributed by atoms with Crippen molar-refractivity contribution < 1.29 is 8.42 Å². The highest BCUT2D eigenvalue weighted by Gasteiger charge is 2.26. The molecule has 1 fully saturated rings. The maximum Gasteiger partial charge on any atom is 0.152 e. The molecule has 1 atom stereocenters. The summed E-state index contributed by atoms with van der Waals surface area (Å²) in [7, 11) is -2.82. The van der Waals surface area contributed by atoms with Crippen molar-refractivity contribution in [1.82, 2.24) is 14.9 Å². The summed E-state index contributed by atoms with van der Waals surface area (Å²) in [5, 5.41) is 0. The van der Waals surface area contributed by atoms with Gasteiger partial charge in [0.05, 0.1) is 35.1 Å². The first-order valence-corrected chi connectivity index (χ1v) is 7.53. The second-order valence-electron chi connectivity index (χ2n) is 4.45. The van der Waals surface area contributed by atoms with Crippen molar-refractivity contribution >= 4 is 9.84 Å². The van der Waals surface area contributed by atoms with Crippen LogP contribution in [0.1, 0.15) is 24.4 Å². The SMILES string of the molecule is Cc1cnc(C(C)N2CCS(=O)(=O)CC2)cn1. The van der Waals surface area contributed by atoms with Gasteiger partial charge in [-0.05, 0) is 13.8 Å². The lowest BCUT2D eigenvalue weighted by Crippen LogP contribution is -2.41. The van der Waals surface area contributed by atoms with Gasteiger partial charge >= 0.3 is 0 Å². The van der Waals surface area contributed by atoms with Crippen LogP contribution in [-0.4, -0.2) is 47.9 Å². The lowest BCUT2D eigenvalue weighted by atomic mass is 10.2. The smallest absolute Gasteiger partial charge is 0.152 e. The summed E-state index contributed by atoms with van der Waals surface area (Å²) in [6.45, 7) is 5.10. The lowest BCUT2D eigenvalue weighted by molar-refractivity contribution is 0.224. The summed E-state index contributed by atoms with van der Waals surface area (Å²) in [6.07, 6.45) is 3.51. The first-order valence-electron chi connectivity index (χ1n) is 5.71. The largest absolute Gasteiger partial charge is 0.293 e. The maximum atomic E-state index is 11.3. The second kappa shape index (κ2) is 4.70. The predicted molar refractivity (Wildman–Crippen MR) is 65.4 cm³/mol. The minimum atomic E-state index is -2.82. The Kier molecular flexibility index (Phi) is 3.44. The Balaban J connectivity index is 2.06. The molecule has 5 nitrogen and oxygen atoms in total. The van der Waals surface area contributed by atoms with Gasteiger partial charge in [0.15, 0.2) is 9.84 Å². The summed E-state index contributed by atoms with van der Waals surface area (Å²) < 4.78 is 22.7. The van der Waals surface area contributed by atoms with Crippen molar-refractivity contribution in [3.05, 3.63) is 23.8 Å². The quantitative estimate of drug-likeness (QED) is 0.773. The summed E-state index contributed by atoms with van der Waals surface area (Å²) in [5.41, 5.74) is 1.79. The monoisotopic (exact) mass is 255 g/mol. The molecule has 0 N–H and O–H groups in total. The summed E-state index contributed by atoms with van der Waals surface area (Å²) in [4.78, 5) is 10.7. The van der Waals surface area contributed by atoms with Crippen molar-refractivity contribution in [2.75, 3.05) is 24.6 Å². The Labute approximate surface area is 102 Å². The van der Waals surface area contributed by atoms with E-state index in [1.807, 2.05) is 13.8 Å². The molecule has 1 saturated heterocycles. The fraction of sp³-hybridized carbons (Fsp3) is 0.636. The van der Waals surface area contributed by atoms with Gasteiger partial charge in [-0.3, -0.25) is 14.9 Å². The van der Waals surface area contributed by atoms with Gasteiger partial charge in [-0.15, -0.1) is 0 Å². The molecule has 2 rings (SSSR count). The molecule has 0 radical (unpaired) electrons. The molecule has 1 aromatic rings. The molecule has 0 spiro atoms. The fourth-order valence-electron chi connectivity index (χ4n) is 1.92. The van der Waals surface area contributed by atoms with E-state index in [-0.39, 0.29) is 17.5 Å². The molecule has 0 aliphatic carbocycles. The molecule has 1 aliphatic rings. The number of sulfone groups is 1. The molecule has 0 bridgehead atoms. The van der Waals surface area contributed by atoms with Crippen LogP contribution in [-0.2, 0) is 9.84 Å². The number of nitrogens with zero attached hydrogens (tertiary/aromatic N) is 3. The predicted octanol–water partition coefficient (Wildman–Crippen LogP) is 0.576. The van der Waals surface area contributed by atoms with Crippen LogP contribution in [0.3, 0.4) is 0 Å². The molecule has 1 unspecified atom stereocenters. The Bertz CT molecular complexity index is 470. The molecule has 0 saturated carbocycles. The highest BCUT2D eigenvalue weighted by atomic mass is 32.2. The van der Waals surface area contributed by atoms with E-state index in [1.165, 1.54) is 0 Å². The van der Waals surface area contributed by atoms with Gasteiger partial charge in [0.1, 0.15) is 0 Å². The van der Waals surface area contributed by atoms with Crippen LogP contribution >= 0.6 is 0 Å². The standard InChI is InChI=1S/C11H17N3O2S/c1-9-7-13-11(8-12-9)10(2)14-3-5-17(15,16)6-4-14/h7-8,10H,3-6H2,1-2H3. The van der Waals surface area contributed by atoms with Crippen LogP contribution < -0.4 is 0 Å². The minimum Gasteiger partial charge on any atom is -0.293 e. The maximum absolute atomic E-state index is 11.3. The van der Waals surface area contributed by atoms with E-state index in [2.05, 4.69) is 14.9 Å². The van der Waals surface area contributed by atoms with Gasteiger partial charge in [-0.2, -0.15) is 0 Å². The Morgan fingerprint density at radius 1 is 1.24 bits per heavy atom. The molecule has 6 heteroatoms. The van der Waals surface area contributed by atoms with Gasteiger partial charge in [0.2, 0.25) is 0 Å². The van der Waals surface area contributed by atoms with Gasteiger partial charge in [-0.25, -0.2) is 8.42 Å². The number of rotatable bonds is 2. The second-order valence-corrected chi connectivity index (χ2v) is 6.75. The third-order valence-electron chi connectivity index (χ3n) is 3.16. The molecule has 0 amide bonds. The zero-order valence-corrected chi connectivity index (χ0v) is 10.9. The van der Waals surface area contributed by atoms with E-state index in [0.717, 1.165) is 11.4 Å². The van der Waals surface area contributed by atoms with E-state index in [1.54, 1.807) is 12.4 Å². The lowest BCUT2D eigenvalue weighted by Gasteiger charge is -2.31. The number of aromatic nitrogens is 2.